The summed E-state index contributed by atoms with van der Waals surface area (Å²) >= 11 is 1.01. The molecule has 2 aliphatic heterocycles. The standard InChI is InChI=1S/C13H15N3O5S.K/c1-5-14-15-12(21-5)22-7-4-6-8(13(2,3)20)10(17)16(6)9(7)11(18)19;/h6,8,20H,4H2,1-3H3,(H,18,19);/q;+1/p-1/t6-,8+;/m1./s1. The number of aliphatic carboxylic acids is 1. The maximum atomic E-state index is 12.2. The molecule has 2 atom stereocenters. The van der Waals surface area contributed by atoms with Crippen molar-refractivity contribution < 1.29 is 75.6 Å². The van der Waals surface area contributed by atoms with Gasteiger partial charge in [0.25, 0.3) is 5.22 Å². The van der Waals surface area contributed by atoms with Gasteiger partial charge in [-0.1, -0.05) is 0 Å². The van der Waals surface area contributed by atoms with Crippen LogP contribution in [-0.4, -0.2) is 43.7 Å². The largest absolute Gasteiger partial charge is 1.00 e. The Hall–Kier alpha value is -0.234. The first-order valence-corrected chi connectivity index (χ1v) is 7.49. The van der Waals surface area contributed by atoms with Crippen molar-refractivity contribution >= 4 is 23.6 Å². The summed E-state index contributed by atoms with van der Waals surface area (Å²) in [6.07, 6.45) is 0.315. The van der Waals surface area contributed by atoms with Crippen LogP contribution in [0, 0.1) is 12.8 Å². The third-order valence-electron chi connectivity index (χ3n) is 3.79. The molecule has 2 aliphatic rings. The number of rotatable bonds is 4. The Labute approximate surface area is 179 Å². The van der Waals surface area contributed by atoms with Gasteiger partial charge in [0.15, 0.2) is 0 Å². The molecule has 0 spiro atoms. The first-order chi connectivity index (χ1) is 10.2. The van der Waals surface area contributed by atoms with Crippen LogP contribution in [0.4, 0.5) is 0 Å². The van der Waals surface area contributed by atoms with Crippen molar-refractivity contribution in [2.75, 3.05) is 0 Å². The number of nitrogens with zero attached hydrogens (tertiary/aromatic N) is 3. The van der Waals surface area contributed by atoms with E-state index in [2.05, 4.69) is 10.2 Å². The molecule has 0 radical (unpaired) electrons. The Balaban J connectivity index is 0.00000192. The molecule has 0 bridgehead atoms. The second-order valence-electron chi connectivity index (χ2n) is 5.86. The number of aryl methyl sites for hydroxylation is 1. The number of carboxylic acid groups (broad SMARTS) is 1. The van der Waals surface area contributed by atoms with Gasteiger partial charge in [-0.3, -0.25) is 4.79 Å². The van der Waals surface area contributed by atoms with E-state index in [4.69, 9.17) is 4.42 Å². The van der Waals surface area contributed by atoms with Crippen LogP contribution < -0.4 is 56.5 Å². The Bertz CT molecular complexity index is 696. The molecule has 0 aromatic carbocycles. The van der Waals surface area contributed by atoms with Gasteiger partial charge in [0.1, 0.15) is 0 Å². The molecule has 1 N–H and O–H groups in total. The van der Waals surface area contributed by atoms with Gasteiger partial charge >= 0.3 is 51.4 Å². The van der Waals surface area contributed by atoms with E-state index in [0.29, 0.717) is 17.2 Å². The van der Waals surface area contributed by atoms with Gasteiger partial charge < -0.3 is 24.3 Å². The van der Waals surface area contributed by atoms with Crippen LogP contribution in [0.1, 0.15) is 26.2 Å². The zero-order chi connectivity index (χ0) is 16.2. The van der Waals surface area contributed by atoms with E-state index in [1.165, 1.54) is 18.7 Å². The van der Waals surface area contributed by atoms with Crippen LogP contribution in [-0.2, 0) is 9.59 Å². The molecule has 118 valence electrons. The number of thioether (sulfide) groups is 1. The van der Waals surface area contributed by atoms with Gasteiger partial charge in [0.2, 0.25) is 11.8 Å². The number of hydrogen-bond donors (Lipinski definition) is 1. The Morgan fingerprint density at radius 3 is 2.61 bits per heavy atom. The molecular weight excluding hydrogens is 349 g/mol. The number of carbonyl (C=O) groups excluding carboxylic acids is 2. The van der Waals surface area contributed by atoms with Crippen LogP contribution in [0.15, 0.2) is 20.2 Å². The predicted molar refractivity (Wildman–Crippen MR) is 72.0 cm³/mol. The summed E-state index contributed by atoms with van der Waals surface area (Å²) in [6.45, 7) is 4.71. The number of carbonyl (C=O) groups is 2. The van der Waals surface area contributed by atoms with Gasteiger partial charge in [0.05, 0.1) is 29.2 Å². The van der Waals surface area contributed by atoms with Gasteiger partial charge in [-0.05, 0) is 25.6 Å². The van der Waals surface area contributed by atoms with E-state index in [-0.39, 0.29) is 68.3 Å². The van der Waals surface area contributed by atoms with Crippen LogP contribution >= 0.6 is 11.8 Å². The minimum Gasteiger partial charge on any atom is -0.543 e. The van der Waals surface area contributed by atoms with E-state index in [0.717, 1.165) is 11.8 Å². The van der Waals surface area contributed by atoms with Crippen LogP contribution in [0.2, 0.25) is 0 Å². The van der Waals surface area contributed by atoms with E-state index in [1.54, 1.807) is 6.92 Å². The summed E-state index contributed by atoms with van der Waals surface area (Å²) in [6, 6.07) is -0.382. The fourth-order valence-corrected chi connectivity index (χ4v) is 3.94. The summed E-state index contributed by atoms with van der Waals surface area (Å²) in [4.78, 5) is 25.2. The second kappa shape index (κ2) is 6.58. The first kappa shape index (κ1) is 19.1. The van der Waals surface area contributed by atoms with Crippen molar-refractivity contribution in [2.45, 2.75) is 44.1 Å². The Morgan fingerprint density at radius 2 is 2.13 bits per heavy atom. The molecule has 3 rings (SSSR count). The molecule has 10 heteroatoms. The average molecular weight is 363 g/mol. The summed E-state index contributed by atoms with van der Waals surface area (Å²) < 4.78 is 5.23. The van der Waals surface area contributed by atoms with Crippen LogP contribution in [0.5, 0.6) is 0 Å². The quantitative estimate of drug-likeness (QED) is 0.431. The van der Waals surface area contributed by atoms with Crippen molar-refractivity contribution in [1.82, 2.24) is 15.1 Å². The molecule has 1 aromatic heterocycles. The van der Waals surface area contributed by atoms with Gasteiger partial charge in [-0.2, -0.15) is 0 Å². The normalized spacial score (nSPS) is 23.5. The number of aliphatic hydroxyl groups is 1. The Kier molecular flexibility index (Phi) is 5.46. The average Bonchev–Trinajstić information content (AvgIpc) is 2.90. The van der Waals surface area contributed by atoms with Crippen LogP contribution in [0.3, 0.4) is 0 Å². The molecule has 1 aromatic rings. The number of carboxylic acids is 1. The van der Waals surface area contributed by atoms with Crippen molar-refractivity contribution in [3.63, 3.8) is 0 Å². The van der Waals surface area contributed by atoms with E-state index >= 15 is 0 Å². The fraction of sp³-hybridized carbons (Fsp3) is 0.538. The number of aromatic nitrogens is 2. The molecule has 23 heavy (non-hydrogen) atoms. The number of hydrogen-bond acceptors (Lipinski definition) is 8. The third kappa shape index (κ3) is 3.30. The summed E-state index contributed by atoms with van der Waals surface area (Å²) in [5.41, 5.74) is -1.38. The maximum absolute atomic E-state index is 12.2. The van der Waals surface area contributed by atoms with Gasteiger partial charge in [-0.25, -0.2) is 0 Å². The van der Waals surface area contributed by atoms with Crippen LogP contribution in [0.25, 0.3) is 0 Å². The Morgan fingerprint density at radius 1 is 1.48 bits per heavy atom. The number of amides is 1. The van der Waals surface area contributed by atoms with Crippen molar-refractivity contribution in [3.8, 4) is 0 Å². The summed E-state index contributed by atoms with van der Waals surface area (Å²) in [5, 5.41) is 29.2. The summed E-state index contributed by atoms with van der Waals surface area (Å²) in [7, 11) is 0. The van der Waals surface area contributed by atoms with Gasteiger partial charge in [0, 0.05) is 18.2 Å². The van der Waals surface area contributed by atoms with Crippen molar-refractivity contribution in [1.29, 1.82) is 0 Å². The van der Waals surface area contributed by atoms with E-state index < -0.39 is 23.4 Å². The maximum Gasteiger partial charge on any atom is 1.00 e. The first-order valence-electron chi connectivity index (χ1n) is 6.68. The molecule has 1 saturated heterocycles. The fourth-order valence-electron chi connectivity index (χ4n) is 2.95. The predicted octanol–water partition coefficient (Wildman–Crippen LogP) is -3.56. The van der Waals surface area contributed by atoms with Crippen molar-refractivity contribution in [3.05, 3.63) is 16.5 Å². The minimum absolute atomic E-state index is 0. The SMILES string of the molecule is Cc1nnc(SC2=C(C(=O)[O-])N3C(=O)[C@@H](C(C)(C)O)[C@H]3C2)o1.[K+]. The molecule has 1 fully saturated rings. The van der Waals surface area contributed by atoms with Crippen molar-refractivity contribution in [2.24, 2.45) is 5.92 Å². The third-order valence-corrected chi connectivity index (χ3v) is 4.74. The molecule has 1 amide bonds. The second-order valence-corrected chi connectivity index (χ2v) is 6.91. The molecule has 0 saturated carbocycles. The van der Waals surface area contributed by atoms with Gasteiger partial charge in [-0.15, -0.1) is 10.2 Å². The monoisotopic (exact) mass is 363 g/mol. The van der Waals surface area contributed by atoms with E-state index in [1.807, 2.05) is 0 Å². The molecule has 3 heterocycles. The topological polar surface area (TPSA) is 120 Å². The number of β-lactam (4-membered cyclic amide) rings is 1. The van der Waals surface area contributed by atoms with E-state index in [9.17, 15) is 19.8 Å². The smallest absolute Gasteiger partial charge is 0.543 e. The molecule has 0 aliphatic carbocycles. The summed E-state index contributed by atoms with van der Waals surface area (Å²) in [5.74, 6) is -2.10. The zero-order valence-corrected chi connectivity index (χ0v) is 17.1. The minimum atomic E-state index is -1.43. The molecular formula is C13H14KN3O5S. The molecule has 8 nitrogen and oxygen atoms in total. The zero-order valence-electron chi connectivity index (χ0n) is 13.2. The molecule has 0 unspecified atom stereocenters. The number of fused-ring (bicyclic) bond motifs is 1.